The van der Waals surface area contributed by atoms with Crippen LogP contribution in [-0.2, 0) is 19.6 Å². The van der Waals surface area contributed by atoms with E-state index in [-0.39, 0.29) is 30.3 Å². The molecule has 2 heterocycles. The van der Waals surface area contributed by atoms with Gasteiger partial charge in [-0.15, -0.1) is 11.3 Å². The largest absolute Gasteiger partial charge is 0.381 e. The number of thiophene rings is 1. The summed E-state index contributed by atoms with van der Waals surface area (Å²) < 4.78 is 58.4. The van der Waals surface area contributed by atoms with E-state index in [0.717, 1.165) is 11.3 Å². The molecule has 0 aliphatic carbocycles. The first-order chi connectivity index (χ1) is 9.75. The van der Waals surface area contributed by atoms with Crippen LogP contribution in [0.25, 0.3) is 0 Å². The van der Waals surface area contributed by atoms with Crippen molar-refractivity contribution in [2.24, 2.45) is 5.92 Å². The number of rotatable bonds is 4. The zero-order valence-electron chi connectivity index (χ0n) is 11.3. The van der Waals surface area contributed by atoms with Crippen molar-refractivity contribution in [3.8, 4) is 0 Å². The fourth-order valence-corrected chi connectivity index (χ4v) is 4.53. The van der Waals surface area contributed by atoms with Crippen LogP contribution in [0.4, 0.5) is 8.78 Å². The lowest BCUT2D eigenvalue weighted by Gasteiger charge is -2.28. The molecule has 0 radical (unpaired) electrons. The molecule has 1 aliphatic heterocycles. The molecule has 1 fully saturated rings. The van der Waals surface area contributed by atoms with E-state index in [1.54, 1.807) is 6.07 Å². The second kappa shape index (κ2) is 5.98. The van der Waals surface area contributed by atoms with Crippen LogP contribution < -0.4 is 4.72 Å². The minimum atomic E-state index is -4.26. The van der Waals surface area contributed by atoms with E-state index in [4.69, 9.17) is 4.74 Å². The summed E-state index contributed by atoms with van der Waals surface area (Å²) in [4.78, 5) is 11.7. The van der Waals surface area contributed by atoms with Gasteiger partial charge in [0, 0.05) is 19.1 Å². The second-order valence-corrected chi connectivity index (χ2v) is 7.63. The maximum absolute atomic E-state index is 14.0. The molecule has 1 aliphatic rings. The van der Waals surface area contributed by atoms with Gasteiger partial charge < -0.3 is 4.74 Å². The van der Waals surface area contributed by atoms with Gasteiger partial charge in [0.15, 0.2) is 0 Å². The van der Waals surface area contributed by atoms with Gasteiger partial charge in [-0.3, -0.25) is 4.79 Å². The minimum Gasteiger partial charge on any atom is -0.381 e. The monoisotopic (exact) mass is 339 g/mol. The van der Waals surface area contributed by atoms with Gasteiger partial charge in [0.2, 0.25) is 0 Å². The quantitative estimate of drug-likeness (QED) is 0.910. The lowest BCUT2D eigenvalue weighted by atomic mass is 9.92. The average Bonchev–Trinajstić information content (AvgIpc) is 2.86. The van der Waals surface area contributed by atoms with Gasteiger partial charge in [-0.25, -0.2) is 13.1 Å². The fourth-order valence-electron chi connectivity index (χ4n) is 2.12. The summed E-state index contributed by atoms with van der Waals surface area (Å²) in [6.45, 7) is 1.82. The van der Waals surface area contributed by atoms with Crippen molar-refractivity contribution in [1.82, 2.24) is 4.72 Å². The number of ether oxygens (including phenoxy) is 1. The number of sulfonamides is 1. The number of hydrogen-bond acceptors (Lipinski definition) is 5. The number of carbonyl (C=O) groups is 1. The third-order valence-corrected chi connectivity index (χ3v) is 6.34. The molecule has 0 unspecified atom stereocenters. The third kappa shape index (κ3) is 3.41. The molecular weight excluding hydrogens is 324 g/mol. The Balaban J connectivity index is 2.15. The van der Waals surface area contributed by atoms with Crippen molar-refractivity contribution in [2.75, 3.05) is 13.2 Å². The van der Waals surface area contributed by atoms with E-state index in [9.17, 15) is 22.0 Å². The minimum absolute atomic E-state index is 0.0263. The highest BCUT2D eigenvalue weighted by atomic mass is 32.2. The van der Waals surface area contributed by atoms with E-state index in [2.05, 4.69) is 0 Å². The second-order valence-electron chi connectivity index (χ2n) is 4.84. The van der Waals surface area contributed by atoms with Crippen molar-refractivity contribution in [3.63, 3.8) is 0 Å². The summed E-state index contributed by atoms with van der Waals surface area (Å²) in [6, 6.07) is 1.54. The Labute approximate surface area is 125 Å². The van der Waals surface area contributed by atoms with Crippen LogP contribution in [0.1, 0.15) is 18.4 Å². The molecule has 1 amide bonds. The first kappa shape index (κ1) is 16.3. The average molecular weight is 339 g/mol. The number of carbonyl (C=O) groups excluding carboxylic acids is 1. The van der Waals surface area contributed by atoms with E-state index in [1.807, 2.05) is 0 Å². The van der Waals surface area contributed by atoms with Gasteiger partial charge in [0.25, 0.3) is 10.0 Å². The molecule has 2 rings (SSSR count). The van der Waals surface area contributed by atoms with Gasteiger partial charge in [-0.1, -0.05) is 0 Å². The van der Waals surface area contributed by atoms with Gasteiger partial charge in [0.05, 0.1) is 0 Å². The van der Waals surface area contributed by atoms with Crippen molar-refractivity contribution in [3.05, 3.63) is 17.0 Å². The Bertz CT molecular complexity index is 621. The number of nitrogens with one attached hydrogen (secondary N) is 1. The number of hydrogen-bond donors (Lipinski definition) is 1. The highest BCUT2D eigenvalue weighted by molar-refractivity contribution is 7.92. The first-order valence-corrected chi connectivity index (χ1v) is 8.68. The number of halogens is 2. The maximum Gasteiger partial charge on any atom is 0.328 e. The van der Waals surface area contributed by atoms with Crippen LogP contribution in [-0.4, -0.2) is 33.5 Å². The number of alkyl halides is 2. The van der Waals surface area contributed by atoms with Gasteiger partial charge in [0.1, 0.15) is 4.21 Å². The number of aryl methyl sites for hydroxylation is 1. The Morgan fingerprint density at radius 3 is 2.57 bits per heavy atom. The zero-order chi connectivity index (χ0) is 15.7. The molecular formula is C12H15F2NO4S2. The van der Waals surface area contributed by atoms with Crippen molar-refractivity contribution in [2.45, 2.75) is 29.9 Å². The molecule has 1 saturated heterocycles. The molecule has 9 heteroatoms. The summed E-state index contributed by atoms with van der Waals surface area (Å²) in [5, 5.41) is 1.52. The van der Waals surface area contributed by atoms with E-state index in [0.29, 0.717) is 5.56 Å². The van der Waals surface area contributed by atoms with E-state index >= 15 is 0 Å². The predicted octanol–water partition coefficient (Wildman–Crippen LogP) is 1.92. The SMILES string of the molecule is Cc1ccsc1S(=O)(=O)NC(=O)C(F)(F)C1CCOCC1. The Morgan fingerprint density at radius 1 is 1.43 bits per heavy atom. The Kier molecular flexibility index (Phi) is 4.64. The van der Waals surface area contributed by atoms with Crippen molar-refractivity contribution < 1.29 is 26.7 Å². The molecule has 1 aromatic rings. The lowest BCUT2D eigenvalue weighted by Crippen LogP contribution is -2.48. The normalized spacial score (nSPS) is 17.7. The first-order valence-electron chi connectivity index (χ1n) is 6.32. The summed E-state index contributed by atoms with van der Waals surface area (Å²) in [5.41, 5.74) is 0.412. The van der Waals surface area contributed by atoms with Gasteiger partial charge in [-0.2, -0.15) is 8.78 Å². The fraction of sp³-hybridized carbons (Fsp3) is 0.583. The van der Waals surface area contributed by atoms with Crippen molar-refractivity contribution >= 4 is 27.3 Å². The topological polar surface area (TPSA) is 72.5 Å². The van der Waals surface area contributed by atoms with Crippen LogP contribution in [0.2, 0.25) is 0 Å². The molecule has 21 heavy (non-hydrogen) atoms. The molecule has 118 valence electrons. The molecule has 0 bridgehead atoms. The molecule has 0 atom stereocenters. The van der Waals surface area contributed by atoms with Gasteiger partial charge >= 0.3 is 11.8 Å². The van der Waals surface area contributed by atoms with E-state index < -0.39 is 27.8 Å². The highest BCUT2D eigenvalue weighted by Crippen LogP contribution is 2.33. The molecule has 0 aromatic carbocycles. The van der Waals surface area contributed by atoms with Crippen LogP contribution in [0.3, 0.4) is 0 Å². The third-order valence-electron chi connectivity index (χ3n) is 3.32. The van der Waals surface area contributed by atoms with E-state index in [1.165, 1.54) is 17.0 Å². The molecule has 1 aromatic heterocycles. The smallest absolute Gasteiger partial charge is 0.328 e. The standard InChI is InChI=1S/C12H15F2NO4S2/c1-8-4-7-20-10(8)21(17,18)15-11(16)12(13,14)9-2-5-19-6-3-9/h4,7,9H,2-3,5-6H2,1H3,(H,15,16). The van der Waals surface area contributed by atoms with Crippen LogP contribution in [0, 0.1) is 12.8 Å². The lowest BCUT2D eigenvalue weighted by molar-refractivity contribution is -0.157. The summed E-state index contributed by atoms with van der Waals surface area (Å²) in [5.74, 6) is -6.71. The summed E-state index contributed by atoms with van der Waals surface area (Å²) in [6.07, 6.45) is 0.0526. The zero-order valence-corrected chi connectivity index (χ0v) is 12.9. The summed E-state index contributed by atoms with van der Waals surface area (Å²) in [7, 11) is -4.26. The highest BCUT2D eigenvalue weighted by Gasteiger charge is 2.48. The van der Waals surface area contributed by atoms with Crippen LogP contribution in [0.15, 0.2) is 15.7 Å². The van der Waals surface area contributed by atoms with Crippen molar-refractivity contribution in [1.29, 1.82) is 0 Å². The number of amides is 1. The molecule has 0 spiro atoms. The summed E-state index contributed by atoms with van der Waals surface area (Å²) >= 11 is 0.877. The molecule has 1 N–H and O–H groups in total. The predicted molar refractivity (Wildman–Crippen MR) is 72.9 cm³/mol. The van der Waals surface area contributed by atoms with Gasteiger partial charge in [-0.05, 0) is 36.8 Å². The Hall–Kier alpha value is -1.06. The Morgan fingerprint density at radius 2 is 2.05 bits per heavy atom. The van der Waals surface area contributed by atoms with Crippen LogP contribution in [0.5, 0.6) is 0 Å². The maximum atomic E-state index is 14.0. The van der Waals surface area contributed by atoms with Crippen LogP contribution >= 0.6 is 11.3 Å². The molecule has 0 saturated carbocycles. The molecule has 5 nitrogen and oxygen atoms in total.